The summed E-state index contributed by atoms with van der Waals surface area (Å²) in [5.74, 6) is 0.920. The van der Waals surface area contributed by atoms with Crippen LogP contribution in [0.2, 0.25) is 10.0 Å². The van der Waals surface area contributed by atoms with Crippen molar-refractivity contribution in [2.75, 3.05) is 21.3 Å². The lowest BCUT2D eigenvalue weighted by Gasteiger charge is -2.12. The summed E-state index contributed by atoms with van der Waals surface area (Å²) in [6.07, 6.45) is 2.88. The summed E-state index contributed by atoms with van der Waals surface area (Å²) in [6.45, 7) is -0.0169. The number of benzene rings is 2. The summed E-state index contributed by atoms with van der Waals surface area (Å²) in [6, 6.07) is 8.52. The van der Waals surface area contributed by atoms with Crippen molar-refractivity contribution in [2.45, 2.75) is 6.61 Å². The van der Waals surface area contributed by atoms with Gasteiger partial charge in [-0.25, -0.2) is 4.79 Å². The molecule has 0 atom stereocenters. The summed E-state index contributed by atoms with van der Waals surface area (Å²) in [5, 5.41) is 0.887. The molecule has 0 heterocycles. The summed E-state index contributed by atoms with van der Waals surface area (Å²) in [5.41, 5.74) is 1.25. The fraction of sp³-hybridized carbons (Fsp3) is 0.211. The Labute approximate surface area is 162 Å². The minimum absolute atomic E-state index is 0.0169. The lowest BCUT2D eigenvalue weighted by atomic mass is 10.1. The highest BCUT2D eigenvalue weighted by Gasteiger charge is 2.12. The van der Waals surface area contributed by atoms with Gasteiger partial charge in [0, 0.05) is 21.7 Å². The van der Waals surface area contributed by atoms with E-state index in [9.17, 15) is 4.79 Å². The zero-order valence-electron chi connectivity index (χ0n) is 14.5. The number of ether oxygens (including phenoxy) is 4. The molecule has 5 nitrogen and oxygen atoms in total. The molecule has 0 bridgehead atoms. The predicted molar refractivity (Wildman–Crippen MR) is 101 cm³/mol. The zero-order chi connectivity index (χ0) is 19.1. The van der Waals surface area contributed by atoms with E-state index in [-0.39, 0.29) is 6.61 Å². The highest BCUT2D eigenvalue weighted by molar-refractivity contribution is 6.35. The maximum absolute atomic E-state index is 12.0. The fourth-order valence-electron chi connectivity index (χ4n) is 2.22. The average Bonchev–Trinajstić information content (AvgIpc) is 2.64. The van der Waals surface area contributed by atoms with Gasteiger partial charge in [-0.3, -0.25) is 0 Å². The number of rotatable bonds is 7. The highest BCUT2D eigenvalue weighted by Crippen LogP contribution is 2.38. The van der Waals surface area contributed by atoms with Crippen LogP contribution in [0.25, 0.3) is 6.08 Å². The first-order valence-electron chi connectivity index (χ1n) is 7.57. The van der Waals surface area contributed by atoms with E-state index < -0.39 is 5.97 Å². The summed E-state index contributed by atoms with van der Waals surface area (Å²) < 4.78 is 21.0. The van der Waals surface area contributed by atoms with Crippen molar-refractivity contribution in [3.05, 3.63) is 57.6 Å². The summed E-state index contributed by atoms with van der Waals surface area (Å²) >= 11 is 12.1. The monoisotopic (exact) mass is 396 g/mol. The van der Waals surface area contributed by atoms with Gasteiger partial charge in [0.25, 0.3) is 0 Å². The van der Waals surface area contributed by atoms with E-state index in [0.717, 1.165) is 0 Å². The van der Waals surface area contributed by atoms with Crippen LogP contribution in [-0.2, 0) is 16.1 Å². The fourth-order valence-corrected chi connectivity index (χ4v) is 2.73. The smallest absolute Gasteiger partial charge is 0.331 e. The van der Waals surface area contributed by atoms with Gasteiger partial charge < -0.3 is 18.9 Å². The van der Waals surface area contributed by atoms with Gasteiger partial charge >= 0.3 is 5.97 Å². The molecule has 0 aromatic heterocycles. The van der Waals surface area contributed by atoms with E-state index in [1.54, 1.807) is 36.4 Å². The molecule has 0 aliphatic rings. The van der Waals surface area contributed by atoms with Crippen LogP contribution >= 0.6 is 23.2 Å². The minimum atomic E-state index is -0.533. The van der Waals surface area contributed by atoms with Crippen molar-refractivity contribution in [2.24, 2.45) is 0 Å². The SMILES string of the molecule is COc1cc(/C=C/C(=O)OCc2c(Cl)cccc2Cl)cc(OC)c1OC. The van der Waals surface area contributed by atoms with Gasteiger partial charge in [-0.2, -0.15) is 0 Å². The topological polar surface area (TPSA) is 54.0 Å². The minimum Gasteiger partial charge on any atom is -0.493 e. The maximum atomic E-state index is 12.0. The summed E-state index contributed by atoms with van der Waals surface area (Å²) in [4.78, 5) is 12.0. The highest BCUT2D eigenvalue weighted by atomic mass is 35.5. The second-order valence-electron chi connectivity index (χ2n) is 5.10. The van der Waals surface area contributed by atoms with Crippen molar-refractivity contribution in [1.82, 2.24) is 0 Å². The third-order valence-electron chi connectivity index (χ3n) is 3.52. The number of carbonyl (C=O) groups excluding carboxylic acids is 1. The Kier molecular flexibility index (Phi) is 7.18. The van der Waals surface area contributed by atoms with Crippen LogP contribution in [-0.4, -0.2) is 27.3 Å². The number of hydrogen-bond acceptors (Lipinski definition) is 5. The largest absolute Gasteiger partial charge is 0.493 e. The second-order valence-corrected chi connectivity index (χ2v) is 5.91. The third-order valence-corrected chi connectivity index (χ3v) is 4.23. The molecule has 138 valence electrons. The molecule has 0 amide bonds. The van der Waals surface area contributed by atoms with E-state index in [1.807, 2.05) is 0 Å². The predicted octanol–water partition coefficient (Wildman–Crippen LogP) is 4.78. The van der Waals surface area contributed by atoms with Crippen molar-refractivity contribution in [1.29, 1.82) is 0 Å². The Morgan fingerprint density at radius 1 is 1.00 bits per heavy atom. The van der Waals surface area contributed by atoms with Crippen LogP contribution in [0, 0.1) is 0 Å². The van der Waals surface area contributed by atoms with Crippen LogP contribution in [0.15, 0.2) is 36.4 Å². The van der Waals surface area contributed by atoms with Crippen LogP contribution < -0.4 is 14.2 Å². The standard InChI is InChI=1S/C19H18Cl2O5/c1-23-16-9-12(10-17(24-2)19(16)25-3)7-8-18(22)26-11-13-14(20)5-4-6-15(13)21/h4-10H,11H2,1-3H3/b8-7+. The normalized spacial score (nSPS) is 10.7. The zero-order valence-corrected chi connectivity index (χ0v) is 16.1. The summed E-state index contributed by atoms with van der Waals surface area (Å²) in [7, 11) is 4.56. The molecule has 0 saturated carbocycles. The quantitative estimate of drug-likeness (QED) is 0.497. The molecule has 2 aromatic rings. The molecule has 2 rings (SSSR count). The Hall–Kier alpha value is -2.37. The molecule has 0 fully saturated rings. The number of halogens is 2. The average molecular weight is 397 g/mol. The van der Waals surface area contributed by atoms with Crippen molar-refractivity contribution in [3.63, 3.8) is 0 Å². The van der Waals surface area contributed by atoms with Crippen molar-refractivity contribution >= 4 is 35.2 Å². The maximum Gasteiger partial charge on any atom is 0.331 e. The lowest BCUT2D eigenvalue weighted by molar-refractivity contribution is -0.138. The van der Waals surface area contributed by atoms with E-state index in [4.69, 9.17) is 42.1 Å². The van der Waals surface area contributed by atoms with Crippen molar-refractivity contribution in [3.8, 4) is 17.2 Å². The molecule has 0 saturated heterocycles. The van der Waals surface area contributed by atoms with Gasteiger partial charge in [-0.15, -0.1) is 0 Å². The molecule has 0 spiro atoms. The number of methoxy groups -OCH3 is 3. The first-order valence-corrected chi connectivity index (χ1v) is 8.33. The van der Waals surface area contributed by atoms with E-state index in [0.29, 0.717) is 38.4 Å². The second kappa shape index (κ2) is 9.36. The van der Waals surface area contributed by atoms with E-state index in [2.05, 4.69) is 0 Å². The molecule has 7 heteroatoms. The molecule has 0 N–H and O–H groups in total. The number of esters is 1. The van der Waals surface area contributed by atoms with E-state index in [1.165, 1.54) is 27.4 Å². The molecular weight excluding hydrogens is 379 g/mol. The van der Waals surface area contributed by atoms with Crippen LogP contribution in [0.3, 0.4) is 0 Å². The van der Waals surface area contributed by atoms with Crippen molar-refractivity contribution < 1.29 is 23.7 Å². The van der Waals surface area contributed by atoms with Crippen LogP contribution in [0.4, 0.5) is 0 Å². The third kappa shape index (κ3) is 4.84. The van der Waals surface area contributed by atoms with Crippen LogP contribution in [0.1, 0.15) is 11.1 Å². The van der Waals surface area contributed by atoms with Gasteiger partial charge in [0.1, 0.15) is 6.61 Å². The molecule has 0 radical (unpaired) electrons. The first kappa shape index (κ1) is 19.9. The molecule has 2 aromatic carbocycles. The Bertz CT molecular complexity index is 772. The molecule has 0 aliphatic heterocycles. The number of carbonyl (C=O) groups is 1. The van der Waals surface area contributed by atoms with E-state index >= 15 is 0 Å². The Balaban J connectivity index is 2.10. The Morgan fingerprint density at radius 3 is 2.08 bits per heavy atom. The number of hydrogen-bond donors (Lipinski definition) is 0. The molecule has 26 heavy (non-hydrogen) atoms. The van der Waals surface area contributed by atoms with Gasteiger partial charge in [-0.05, 0) is 35.9 Å². The lowest BCUT2D eigenvalue weighted by Crippen LogP contribution is -2.02. The molecular formula is C19H18Cl2O5. The van der Waals surface area contributed by atoms with Gasteiger partial charge in [0.2, 0.25) is 5.75 Å². The van der Waals surface area contributed by atoms with Gasteiger partial charge in [0.15, 0.2) is 11.5 Å². The first-order chi connectivity index (χ1) is 12.5. The molecule has 0 aliphatic carbocycles. The van der Waals surface area contributed by atoms with Gasteiger partial charge in [-0.1, -0.05) is 29.3 Å². The Morgan fingerprint density at radius 2 is 1.58 bits per heavy atom. The molecule has 0 unspecified atom stereocenters. The van der Waals surface area contributed by atoms with Crippen LogP contribution in [0.5, 0.6) is 17.2 Å². The van der Waals surface area contributed by atoms with Gasteiger partial charge in [0.05, 0.1) is 21.3 Å².